The molecule has 0 atom stereocenters. The summed E-state index contributed by atoms with van der Waals surface area (Å²) in [6, 6.07) is 18.2. The van der Waals surface area contributed by atoms with Gasteiger partial charge in [0.15, 0.2) is 0 Å². The van der Waals surface area contributed by atoms with Crippen LogP contribution in [0.4, 0.5) is 11.4 Å². The highest BCUT2D eigenvalue weighted by atomic mass is 16.2. The molecule has 0 aliphatic rings. The summed E-state index contributed by atoms with van der Waals surface area (Å²) in [4.78, 5) is 32.4. The van der Waals surface area contributed by atoms with Gasteiger partial charge in [-0.1, -0.05) is 17.7 Å². The van der Waals surface area contributed by atoms with E-state index in [0.29, 0.717) is 23.8 Å². The zero-order valence-corrected chi connectivity index (χ0v) is 16.8. The average molecular weight is 401 g/mol. The Morgan fingerprint density at radius 1 is 0.867 bits per heavy atom. The number of aryl methyl sites for hydroxylation is 1. The fourth-order valence-corrected chi connectivity index (χ4v) is 2.63. The minimum absolute atomic E-state index is 0.167. The topological polar surface area (TPSA) is 95.5 Å². The maximum Gasteiger partial charge on any atom is 0.257 e. The van der Waals surface area contributed by atoms with Crippen LogP contribution in [0, 0.1) is 6.92 Å². The van der Waals surface area contributed by atoms with Crippen LogP contribution in [0.25, 0.3) is 0 Å². The number of rotatable bonds is 5. The van der Waals surface area contributed by atoms with E-state index in [2.05, 4.69) is 25.9 Å². The Balaban J connectivity index is 1.75. The Bertz CT molecular complexity index is 1030. The molecule has 1 aromatic heterocycles. The van der Waals surface area contributed by atoms with E-state index < -0.39 is 0 Å². The number of pyridine rings is 1. The van der Waals surface area contributed by atoms with E-state index >= 15 is 0 Å². The molecule has 152 valence electrons. The van der Waals surface area contributed by atoms with Gasteiger partial charge >= 0.3 is 0 Å². The van der Waals surface area contributed by atoms with Gasteiger partial charge in [0, 0.05) is 36.3 Å². The lowest BCUT2D eigenvalue weighted by molar-refractivity contribution is -0.114. The first kappa shape index (κ1) is 20.7. The predicted octanol–water partition coefficient (Wildman–Crippen LogP) is 3.75. The highest BCUT2D eigenvalue weighted by molar-refractivity contribution is 6.10. The molecular weight excluding hydrogens is 378 g/mol. The lowest BCUT2D eigenvalue weighted by Crippen LogP contribution is -2.36. The zero-order valence-electron chi connectivity index (χ0n) is 16.8. The van der Waals surface area contributed by atoms with Crippen LogP contribution in [0.2, 0.25) is 0 Å². The summed E-state index contributed by atoms with van der Waals surface area (Å²) < 4.78 is 0. The van der Waals surface area contributed by atoms with Gasteiger partial charge < -0.3 is 10.6 Å². The van der Waals surface area contributed by atoms with Gasteiger partial charge in [-0.25, -0.2) is 4.99 Å². The molecule has 7 heteroatoms. The Labute approximate surface area is 175 Å². The summed E-state index contributed by atoms with van der Waals surface area (Å²) >= 11 is 0. The summed E-state index contributed by atoms with van der Waals surface area (Å²) in [7, 11) is 0. The molecule has 3 aromatic rings. The number of aliphatic imine (C=N–C) groups is 1. The molecule has 0 saturated heterocycles. The quantitative estimate of drug-likeness (QED) is 0.448. The van der Waals surface area contributed by atoms with Crippen LogP contribution in [0.1, 0.15) is 28.4 Å². The average Bonchev–Trinajstić information content (AvgIpc) is 2.74. The summed E-state index contributed by atoms with van der Waals surface area (Å²) in [6.07, 6.45) is 3.40. The number of aromatic nitrogens is 1. The highest BCUT2D eigenvalue weighted by Crippen LogP contribution is 2.11. The maximum absolute atomic E-state index is 12.7. The summed E-state index contributed by atoms with van der Waals surface area (Å²) in [6.45, 7) is 3.83. The molecule has 1 heterocycles. The van der Waals surface area contributed by atoms with Crippen molar-refractivity contribution < 1.29 is 9.59 Å². The molecule has 0 saturated carbocycles. The number of hydrogen-bond donors (Lipinski definition) is 3. The van der Waals surface area contributed by atoms with E-state index in [4.69, 9.17) is 0 Å². The highest BCUT2D eigenvalue weighted by Gasteiger charge is 2.10. The first-order chi connectivity index (χ1) is 14.5. The van der Waals surface area contributed by atoms with Crippen molar-refractivity contribution in [2.24, 2.45) is 4.99 Å². The van der Waals surface area contributed by atoms with Crippen LogP contribution in [-0.2, 0) is 11.3 Å². The molecule has 7 nitrogen and oxygen atoms in total. The molecule has 3 rings (SSSR count). The molecule has 0 spiro atoms. The SMILES string of the molecule is CC(=O)Nc1ccc(C(=O)NC(=NCc2ccncc2)Nc2ccc(C)cc2)cc1. The number of carbonyl (C=O) groups is 2. The van der Waals surface area contributed by atoms with Crippen molar-refractivity contribution >= 4 is 29.1 Å². The van der Waals surface area contributed by atoms with Gasteiger partial charge in [0.2, 0.25) is 11.9 Å². The van der Waals surface area contributed by atoms with E-state index in [1.54, 1.807) is 36.7 Å². The molecule has 0 aliphatic carbocycles. The first-order valence-electron chi connectivity index (χ1n) is 9.45. The molecule has 0 aliphatic heterocycles. The van der Waals surface area contributed by atoms with Crippen molar-refractivity contribution in [1.82, 2.24) is 10.3 Å². The van der Waals surface area contributed by atoms with Crippen LogP contribution in [-0.4, -0.2) is 22.8 Å². The van der Waals surface area contributed by atoms with Crippen molar-refractivity contribution in [3.8, 4) is 0 Å². The number of anilines is 2. The zero-order chi connectivity index (χ0) is 21.3. The third-order valence-electron chi connectivity index (χ3n) is 4.18. The number of guanidine groups is 1. The standard InChI is InChI=1S/C23H23N5O2/c1-16-3-7-21(8-4-16)27-23(25-15-18-11-13-24-14-12-18)28-22(30)19-5-9-20(10-6-19)26-17(2)29/h3-14H,15H2,1-2H3,(H,26,29)(H2,25,27,28,30). The van der Waals surface area contributed by atoms with Gasteiger partial charge in [-0.2, -0.15) is 0 Å². The van der Waals surface area contributed by atoms with Crippen molar-refractivity contribution in [3.05, 3.63) is 89.7 Å². The van der Waals surface area contributed by atoms with E-state index in [1.165, 1.54) is 6.92 Å². The molecular formula is C23H23N5O2. The molecule has 0 radical (unpaired) electrons. The Morgan fingerprint density at radius 2 is 1.47 bits per heavy atom. The second kappa shape index (κ2) is 9.97. The van der Waals surface area contributed by atoms with Crippen LogP contribution < -0.4 is 16.0 Å². The van der Waals surface area contributed by atoms with Crippen LogP contribution in [0.3, 0.4) is 0 Å². The largest absolute Gasteiger partial charge is 0.326 e. The summed E-state index contributed by atoms with van der Waals surface area (Å²) in [5.74, 6) is -0.135. The number of nitrogens with one attached hydrogen (secondary N) is 3. The minimum atomic E-state index is -0.308. The minimum Gasteiger partial charge on any atom is -0.326 e. The number of nitrogens with zero attached hydrogens (tertiary/aromatic N) is 2. The van der Waals surface area contributed by atoms with Crippen molar-refractivity contribution in [2.45, 2.75) is 20.4 Å². The van der Waals surface area contributed by atoms with Gasteiger partial charge in [-0.3, -0.25) is 19.9 Å². The lowest BCUT2D eigenvalue weighted by atomic mass is 10.2. The molecule has 0 fully saturated rings. The van der Waals surface area contributed by atoms with Crippen molar-refractivity contribution in [1.29, 1.82) is 0 Å². The van der Waals surface area contributed by atoms with Gasteiger partial charge in [0.1, 0.15) is 0 Å². The van der Waals surface area contributed by atoms with Crippen molar-refractivity contribution in [3.63, 3.8) is 0 Å². The van der Waals surface area contributed by atoms with Gasteiger partial charge in [-0.05, 0) is 61.0 Å². The normalized spacial score (nSPS) is 10.9. The Morgan fingerprint density at radius 3 is 2.10 bits per heavy atom. The van der Waals surface area contributed by atoms with Crippen LogP contribution >= 0.6 is 0 Å². The van der Waals surface area contributed by atoms with Crippen LogP contribution in [0.15, 0.2) is 78.0 Å². The molecule has 0 bridgehead atoms. The molecule has 3 N–H and O–H groups in total. The van der Waals surface area contributed by atoms with Crippen molar-refractivity contribution in [2.75, 3.05) is 10.6 Å². The van der Waals surface area contributed by atoms with E-state index in [9.17, 15) is 9.59 Å². The monoisotopic (exact) mass is 401 g/mol. The molecule has 2 amide bonds. The van der Waals surface area contributed by atoms with Gasteiger partial charge in [0.25, 0.3) is 5.91 Å². The second-order valence-corrected chi connectivity index (χ2v) is 6.72. The third kappa shape index (κ3) is 6.27. The number of amides is 2. The van der Waals surface area contributed by atoms with E-state index in [-0.39, 0.29) is 11.8 Å². The molecule has 0 unspecified atom stereocenters. The molecule has 30 heavy (non-hydrogen) atoms. The fraction of sp³-hybridized carbons (Fsp3) is 0.130. The Hall–Kier alpha value is -4.00. The summed E-state index contributed by atoms with van der Waals surface area (Å²) in [5.41, 5.74) is 4.01. The second-order valence-electron chi connectivity index (χ2n) is 6.72. The Kier molecular flexibility index (Phi) is 6.89. The number of hydrogen-bond acceptors (Lipinski definition) is 4. The van der Waals surface area contributed by atoms with Crippen LogP contribution in [0.5, 0.6) is 0 Å². The lowest BCUT2D eigenvalue weighted by Gasteiger charge is -2.12. The summed E-state index contributed by atoms with van der Waals surface area (Å²) in [5, 5.41) is 8.66. The number of carbonyl (C=O) groups excluding carboxylic acids is 2. The van der Waals surface area contributed by atoms with E-state index in [1.807, 2.05) is 43.3 Å². The van der Waals surface area contributed by atoms with E-state index in [0.717, 1.165) is 16.8 Å². The predicted molar refractivity (Wildman–Crippen MR) is 118 cm³/mol. The fourth-order valence-electron chi connectivity index (χ4n) is 2.63. The maximum atomic E-state index is 12.7. The molecule has 2 aromatic carbocycles. The smallest absolute Gasteiger partial charge is 0.257 e. The van der Waals surface area contributed by atoms with Gasteiger partial charge in [0.05, 0.1) is 6.54 Å². The van der Waals surface area contributed by atoms with Gasteiger partial charge in [-0.15, -0.1) is 0 Å². The first-order valence-corrected chi connectivity index (χ1v) is 9.45. The number of benzene rings is 2. The third-order valence-corrected chi connectivity index (χ3v) is 4.18.